The first-order valence-corrected chi connectivity index (χ1v) is 5.83. The number of carbonyl (C=O) groups excluding carboxylic acids is 1. The number of aliphatic carboxylic acids is 1. The van der Waals surface area contributed by atoms with Gasteiger partial charge in [0.15, 0.2) is 0 Å². The molecule has 8 heteroatoms. The number of amides is 2. The Morgan fingerprint density at radius 2 is 2.00 bits per heavy atom. The third kappa shape index (κ3) is 9.62. The van der Waals surface area contributed by atoms with Crippen LogP contribution in [0.1, 0.15) is 5.56 Å². The summed E-state index contributed by atoms with van der Waals surface area (Å²) in [7, 11) is 0. The number of urea groups is 1. The summed E-state index contributed by atoms with van der Waals surface area (Å²) in [6, 6.07) is 7.92. The fraction of sp³-hybridized carbons (Fsp3) is 0.182. The number of thiol groups is 1. The van der Waals surface area contributed by atoms with Crippen LogP contribution in [0.2, 0.25) is 0 Å². The molecule has 19 heavy (non-hydrogen) atoms. The van der Waals surface area contributed by atoms with Crippen molar-refractivity contribution in [2.24, 2.45) is 16.6 Å². The Hall–Kier alpha value is -2.06. The molecule has 0 fully saturated rings. The highest BCUT2D eigenvalue weighted by atomic mass is 32.1. The van der Waals surface area contributed by atoms with Crippen molar-refractivity contribution in [2.45, 2.75) is 6.04 Å². The summed E-state index contributed by atoms with van der Waals surface area (Å²) in [6.07, 6.45) is 1.52. The van der Waals surface area contributed by atoms with Gasteiger partial charge in [-0.3, -0.25) is 4.79 Å². The predicted octanol–water partition coefficient (Wildman–Crippen LogP) is 0.0169. The van der Waals surface area contributed by atoms with Crippen molar-refractivity contribution in [3.8, 4) is 0 Å². The summed E-state index contributed by atoms with van der Waals surface area (Å²) in [5.74, 6) is -0.815. The SMILES string of the molecule is NC(=O)NN=Cc1ccccc1.NC(CS)C(=O)O. The normalized spacial score (nSPS) is 11.3. The van der Waals surface area contributed by atoms with Gasteiger partial charge in [0.1, 0.15) is 6.04 Å². The maximum absolute atomic E-state index is 10.2. The molecule has 0 heterocycles. The van der Waals surface area contributed by atoms with E-state index in [-0.39, 0.29) is 5.75 Å². The fourth-order valence-corrected chi connectivity index (χ4v) is 0.944. The minimum atomic E-state index is -1.00. The zero-order valence-electron chi connectivity index (χ0n) is 10.1. The van der Waals surface area contributed by atoms with Crippen LogP contribution in [0.4, 0.5) is 4.79 Å². The molecule has 0 aromatic heterocycles. The molecule has 6 N–H and O–H groups in total. The molecular formula is C11H16N4O3S. The van der Waals surface area contributed by atoms with Gasteiger partial charge in [-0.25, -0.2) is 10.2 Å². The van der Waals surface area contributed by atoms with Crippen molar-refractivity contribution in [3.63, 3.8) is 0 Å². The quantitative estimate of drug-likeness (QED) is 0.303. The number of hydrogen-bond donors (Lipinski definition) is 5. The molecule has 0 aliphatic carbocycles. The van der Waals surface area contributed by atoms with E-state index < -0.39 is 18.0 Å². The van der Waals surface area contributed by atoms with Crippen molar-refractivity contribution in [1.29, 1.82) is 0 Å². The van der Waals surface area contributed by atoms with Gasteiger partial charge in [-0.2, -0.15) is 17.7 Å². The summed E-state index contributed by atoms with van der Waals surface area (Å²) >= 11 is 3.65. The van der Waals surface area contributed by atoms with Crippen molar-refractivity contribution >= 4 is 30.8 Å². The van der Waals surface area contributed by atoms with Gasteiger partial charge in [-0.05, 0) is 5.56 Å². The second-order valence-electron chi connectivity index (χ2n) is 3.27. The Kier molecular flexibility index (Phi) is 8.84. The number of carboxylic acid groups (broad SMARTS) is 1. The number of carboxylic acids is 1. The molecule has 1 aromatic rings. The number of nitrogens with two attached hydrogens (primary N) is 2. The molecule has 7 nitrogen and oxygen atoms in total. The number of carbonyl (C=O) groups is 2. The van der Waals surface area contributed by atoms with Gasteiger partial charge in [-0.15, -0.1) is 0 Å². The number of nitrogens with one attached hydrogen (secondary N) is 1. The Labute approximate surface area is 116 Å². The van der Waals surface area contributed by atoms with Gasteiger partial charge < -0.3 is 16.6 Å². The Morgan fingerprint density at radius 1 is 1.42 bits per heavy atom. The van der Waals surface area contributed by atoms with Crippen molar-refractivity contribution < 1.29 is 14.7 Å². The third-order valence-electron chi connectivity index (χ3n) is 1.70. The van der Waals surface area contributed by atoms with Crippen molar-refractivity contribution in [2.75, 3.05) is 5.75 Å². The van der Waals surface area contributed by atoms with Crippen LogP contribution < -0.4 is 16.9 Å². The first-order chi connectivity index (χ1) is 8.97. The Morgan fingerprint density at radius 3 is 2.37 bits per heavy atom. The Balaban J connectivity index is 0.000000399. The van der Waals surface area contributed by atoms with Gasteiger partial charge in [0.25, 0.3) is 0 Å². The summed E-state index contributed by atoms with van der Waals surface area (Å²) in [5, 5.41) is 11.6. The van der Waals surface area contributed by atoms with E-state index in [1.165, 1.54) is 6.21 Å². The molecule has 0 saturated carbocycles. The molecular weight excluding hydrogens is 268 g/mol. The van der Waals surface area contributed by atoms with E-state index in [4.69, 9.17) is 16.6 Å². The van der Waals surface area contributed by atoms with E-state index in [0.717, 1.165) is 5.56 Å². The standard InChI is InChI=1S/C8H9N3O.C3H7NO2S/c9-8(12)11-10-6-7-4-2-1-3-5-7;4-2(1-7)3(5)6/h1-6H,(H3,9,11,12);2,7H,1,4H2,(H,5,6). The first kappa shape index (κ1) is 16.9. The molecule has 0 spiro atoms. The number of primary amides is 1. The number of benzene rings is 1. The van der Waals surface area contributed by atoms with Gasteiger partial charge in [0, 0.05) is 5.75 Å². The highest BCUT2D eigenvalue weighted by Gasteiger charge is 2.06. The lowest BCUT2D eigenvalue weighted by Crippen LogP contribution is -2.31. The van der Waals surface area contributed by atoms with E-state index in [1.807, 2.05) is 30.3 Å². The van der Waals surface area contributed by atoms with Crippen molar-refractivity contribution in [1.82, 2.24) is 5.43 Å². The van der Waals surface area contributed by atoms with Crippen LogP contribution in [0.15, 0.2) is 35.4 Å². The highest BCUT2D eigenvalue weighted by Crippen LogP contribution is 1.92. The van der Waals surface area contributed by atoms with Crippen LogP contribution in [-0.2, 0) is 4.79 Å². The van der Waals surface area contributed by atoms with E-state index in [2.05, 4.69) is 23.2 Å². The summed E-state index contributed by atoms with van der Waals surface area (Å²) < 4.78 is 0. The number of rotatable bonds is 4. The van der Waals surface area contributed by atoms with Crippen LogP contribution >= 0.6 is 12.6 Å². The molecule has 0 radical (unpaired) electrons. The molecule has 104 valence electrons. The molecule has 0 aliphatic heterocycles. The first-order valence-electron chi connectivity index (χ1n) is 5.20. The zero-order chi connectivity index (χ0) is 14.7. The third-order valence-corrected chi connectivity index (χ3v) is 2.10. The molecule has 1 atom stereocenters. The van der Waals surface area contributed by atoms with Crippen LogP contribution in [0.25, 0.3) is 0 Å². The molecule has 0 saturated heterocycles. The zero-order valence-corrected chi connectivity index (χ0v) is 11.0. The van der Waals surface area contributed by atoms with Crippen LogP contribution in [0.3, 0.4) is 0 Å². The average molecular weight is 284 g/mol. The predicted molar refractivity (Wildman–Crippen MR) is 76.2 cm³/mol. The number of nitrogens with zero attached hydrogens (tertiary/aromatic N) is 1. The van der Waals surface area contributed by atoms with Gasteiger partial charge >= 0.3 is 12.0 Å². The Bertz CT molecular complexity index is 425. The smallest absolute Gasteiger partial charge is 0.332 e. The summed E-state index contributed by atoms with van der Waals surface area (Å²) in [4.78, 5) is 19.9. The van der Waals surface area contributed by atoms with E-state index in [0.29, 0.717) is 0 Å². The number of hydrazone groups is 1. The maximum atomic E-state index is 10.2. The minimum Gasteiger partial charge on any atom is -0.480 e. The van der Waals surface area contributed by atoms with Crippen LogP contribution in [-0.4, -0.2) is 35.1 Å². The molecule has 0 aliphatic rings. The van der Waals surface area contributed by atoms with Crippen LogP contribution in [0, 0.1) is 0 Å². The van der Waals surface area contributed by atoms with Gasteiger partial charge in [-0.1, -0.05) is 30.3 Å². The lowest BCUT2D eigenvalue weighted by molar-refractivity contribution is -0.137. The lowest BCUT2D eigenvalue weighted by Gasteiger charge is -1.96. The van der Waals surface area contributed by atoms with Gasteiger partial charge in [0.05, 0.1) is 6.21 Å². The number of hydrogen-bond acceptors (Lipinski definition) is 5. The van der Waals surface area contributed by atoms with Gasteiger partial charge in [0.2, 0.25) is 0 Å². The topological polar surface area (TPSA) is 131 Å². The van der Waals surface area contributed by atoms with Crippen molar-refractivity contribution in [3.05, 3.63) is 35.9 Å². The van der Waals surface area contributed by atoms with E-state index in [9.17, 15) is 9.59 Å². The second kappa shape index (κ2) is 9.92. The summed E-state index contributed by atoms with van der Waals surface area (Å²) in [6.45, 7) is 0. The molecule has 1 rings (SSSR count). The van der Waals surface area contributed by atoms with Crippen LogP contribution in [0.5, 0.6) is 0 Å². The molecule has 0 bridgehead atoms. The molecule has 2 amide bonds. The fourth-order valence-electron chi connectivity index (χ4n) is 0.788. The monoisotopic (exact) mass is 284 g/mol. The largest absolute Gasteiger partial charge is 0.480 e. The minimum absolute atomic E-state index is 0.190. The van der Waals surface area contributed by atoms with E-state index in [1.54, 1.807) is 0 Å². The molecule has 1 aromatic carbocycles. The highest BCUT2D eigenvalue weighted by molar-refractivity contribution is 7.80. The average Bonchev–Trinajstić information content (AvgIpc) is 2.39. The lowest BCUT2D eigenvalue weighted by atomic mass is 10.2. The van der Waals surface area contributed by atoms with E-state index >= 15 is 0 Å². The second-order valence-corrected chi connectivity index (χ2v) is 3.64. The summed E-state index contributed by atoms with van der Waals surface area (Å²) in [5.41, 5.74) is 12.7. The maximum Gasteiger partial charge on any atom is 0.332 e. The molecule has 1 unspecified atom stereocenters.